The van der Waals surface area contributed by atoms with Gasteiger partial charge in [-0.2, -0.15) is 0 Å². The Hall–Kier alpha value is -1.22. The minimum atomic E-state index is 0.657. The number of ether oxygens (including phenoxy) is 1. The summed E-state index contributed by atoms with van der Waals surface area (Å²) in [7, 11) is 6.03. The third-order valence-corrected chi connectivity index (χ3v) is 3.32. The van der Waals surface area contributed by atoms with Gasteiger partial charge < -0.3 is 14.5 Å². The van der Waals surface area contributed by atoms with Gasteiger partial charge in [0.05, 0.1) is 12.8 Å². The molecule has 88 valence electrons. The fourth-order valence-corrected chi connectivity index (χ4v) is 2.27. The Morgan fingerprint density at radius 1 is 1.31 bits per heavy atom. The van der Waals surface area contributed by atoms with Crippen LogP contribution in [0.25, 0.3) is 0 Å². The summed E-state index contributed by atoms with van der Waals surface area (Å²) in [4.78, 5) is 4.71. The van der Waals surface area contributed by atoms with Crippen molar-refractivity contribution in [2.24, 2.45) is 0 Å². The van der Waals surface area contributed by atoms with E-state index in [1.54, 1.807) is 7.11 Å². The van der Waals surface area contributed by atoms with Crippen LogP contribution in [0.3, 0.4) is 0 Å². The molecule has 1 aromatic rings. The quantitative estimate of drug-likeness (QED) is 0.773. The molecule has 1 aromatic carbocycles. The molecule has 0 spiro atoms. The van der Waals surface area contributed by atoms with Gasteiger partial charge in [0, 0.05) is 19.1 Å². The Morgan fingerprint density at radius 2 is 2.06 bits per heavy atom. The number of hydrogen-bond acceptors (Lipinski definition) is 3. The topological polar surface area (TPSA) is 15.7 Å². The van der Waals surface area contributed by atoms with Crippen molar-refractivity contribution in [3.8, 4) is 5.75 Å². The first kappa shape index (κ1) is 11.3. The van der Waals surface area contributed by atoms with Gasteiger partial charge in [-0.1, -0.05) is 12.1 Å². The van der Waals surface area contributed by atoms with Gasteiger partial charge in [0.15, 0.2) is 0 Å². The highest BCUT2D eigenvalue weighted by molar-refractivity contribution is 5.59. The number of nitrogens with zero attached hydrogens (tertiary/aromatic N) is 2. The highest BCUT2D eigenvalue weighted by Gasteiger charge is 2.25. The molecule has 0 amide bonds. The maximum atomic E-state index is 5.40. The molecule has 1 aliphatic heterocycles. The van der Waals surface area contributed by atoms with Crippen molar-refractivity contribution in [1.82, 2.24) is 4.90 Å². The molecule has 16 heavy (non-hydrogen) atoms. The predicted octanol–water partition coefficient (Wildman–Crippen LogP) is 1.84. The van der Waals surface area contributed by atoms with Crippen LogP contribution >= 0.6 is 0 Å². The minimum absolute atomic E-state index is 0.657. The maximum Gasteiger partial charge on any atom is 0.142 e. The molecule has 2 rings (SSSR count). The van der Waals surface area contributed by atoms with E-state index in [9.17, 15) is 0 Å². The van der Waals surface area contributed by atoms with Gasteiger partial charge in [-0.15, -0.1) is 0 Å². The molecule has 0 bridgehead atoms. The molecule has 1 fully saturated rings. The van der Waals surface area contributed by atoms with Crippen molar-refractivity contribution < 1.29 is 4.74 Å². The second-order valence-corrected chi connectivity index (χ2v) is 4.52. The molecule has 1 heterocycles. The van der Waals surface area contributed by atoms with Crippen molar-refractivity contribution in [1.29, 1.82) is 0 Å². The molecule has 0 aliphatic carbocycles. The van der Waals surface area contributed by atoms with Gasteiger partial charge in [-0.3, -0.25) is 0 Å². The van der Waals surface area contributed by atoms with Crippen LogP contribution in [0.4, 0.5) is 5.69 Å². The first-order chi connectivity index (χ1) is 7.72. The lowest BCUT2D eigenvalue weighted by Crippen LogP contribution is -2.31. The second-order valence-electron chi connectivity index (χ2n) is 4.52. The van der Waals surface area contributed by atoms with Crippen LogP contribution in [-0.2, 0) is 0 Å². The van der Waals surface area contributed by atoms with Crippen molar-refractivity contribution in [3.63, 3.8) is 0 Å². The van der Waals surface area contributed by atoms with Gasteiger partial charge in [0.25, 0.3) is 0 Å². The van der Waals surface area contributed by atoms with Crippen molar-refractivity contribution >= 4 is 5.69 Å². The van der Waals surface area contributed by atoms with E-state index in [1.807, 2.05) is 12.1 Å². The predicted molar refractivity (Wildman–Crippen MR) is 67.3 cm³/mol. The van der Waals surface area contributed by atoms with Gasteiger partial charge in [-0.05, 0) is 32.6 Å². The monoisotopic (exact) mass is 220 g/mol. The van der Waals surface area contributed by atoms with E-state index in [0.717, 1.165) is 18.8 Å². The normalized spacial score (nSPS) is 20.5. The van der Waals surface area contributed by atoms with Gasteiger partial charge in [-0.25, -0.2) is 0 Å². The minimum Gasteiger partial charge on any atom is -0.495 e. The number of likely N-dealkylation sites (N-methyl/N-ethyl adjacent to an activating group) is 1. The van der Waals surface area contributed by atoms with Gasteiger partial charge >= 0.3 is 0 Å². The average Bonchev–Trinajstić information content (AvgIpc) is 2.78. The van der Waals surface area contributed by atoms with E-state index in [4.69, 9.17) is 4.74 Å². The molecular formula is C13H20N2O. The molecule has 1 atom stereocenters. The van der Waals surface area contributed by atoms with E-state index in [-0.39, 0.29) is 0 Å². The smallest absolute Gasteiger partial charge is 0.142 e. The van der Waals surface area contributed by atoms with Crippen LogP contribution < -0.4 is 9.64 Å². The van der Waals surface area contributed by atoms with Gasteiger partial charge in [0.1, 0.15) is 5.75 Å². The Balaban J connectivity index is 2.14. The number of methoxy groups -OCH3 is 1. The van der Waals surface area contributed by atoms with Crippen molar-refractivity contribution in [3.05, 3.63) is 24.3 Å². The fraction of sp³-hybridized carbons (Fsp3) is 0.538. The summed E-state index contributed by atoms with van der Waals surface area (Å²) < 4.78 is 5.40. The Morgan fingerprint density at radius 3 is 2.69 bits per heavy atom. The molecule has 1 saturated heterocycles. The summed E-state index contributed by atoms with van der Waals surface area (Å²) in [5.74, 6) is 0.974. The third-order valence-electron chi connectivity index (χ3n) is 3.32. The number of para-hydroxylation sites is 2. The standard InChI is InChI=1S/C13H20N2O/c1-14(2)11-8-9-15(10-11)12-6-4-5-7-13(12)16-3/h4-7,11H,8-10H2,1-3H3/t11-/m1/s1. The maximum absolute atomic E-state index is 5.40. The Bertz CT molecular complexity index is 352. The second kappa shape index (κ2) is 4.74. The summed E-state index contributed by atoms with van der Waals surface area (Å²) in [6, 6.07) is 8.91. The molecule has 3 heteroatoms. The zero-order valence-corrected chi connectivity index (χ0v) is 10.3. The summed E-state index contributed by atoms with van der Waals surface area (Å²) in [5, 5.41) is 0. The first-order valence-electron chi connectivity index (χ1n) is 5.76. The van der Waals surface area contributed by atoms with Crippen LogP contribution in [0.15, 0.2) is 24.3 Å². The summed E-state index contributed by atoms with van der Waals surface area (Å²) in [6.45, 7) is 2.20. The highest BCUT2D eigenvalue weighted by Crippen LogP contribution is 2.30. The summed E-state index contributed by atoms with van der Waals surface area (Å²) in [6.07, 6.45) is 1.23. The highest BCUT2D eigenvalue weighted by atomic mass is 16.5. The van der Waals surface area contributed by atoms with E-state index in [1.165, 1.54) is 12.1 Å². The molecule has 0 saturated carbocycles. The molecule has 1 aliphatic rings. The van der Waals surface area contributed by atoms with Crippen molar-refractivity contribution in [2.75, 3.05) is 39.2 Å². The van der Waals surface area contributed by atoms with Crippen LogP contribution in [0, 0.1) is 0 Å². The van der Waals surface area contributed by atoms with Crippen molar-refractivity contribution in [2.45, 2.75) is 12.5 Å². The molecule has 0 unspecified atom stereocenters. The Kier molecular flexibility index (Phi) is 3.34. The van der Waals surface area contributed by atoms with E-state index >= 15 is 0 Å². The number of benzene rings is 1. The van der Waals surface area contributed by atoms with Crippen LogP contribution in [0.5, 0.6) is 5.75 Å². The molecule has 0 aromatic heterocycles. The summed E-state index contributed by atoms with van der Waals surface area (Å²) in [5.41, 5.74) is 1.22. The van der Waals surface area contributed by atoms with E-state index in [2.05, 4.69) is 36.0 Å². The van der Waals surface area contributed by atoms with E-state index < -0.39 is 0 Å². The SMILES string of the molecule is COc1ccccc1N1CC[C@@H](N(C)C)C1. The molecule has 0 radical (unpaired) electrons. The fourth-order valence-electron chi connectivity index (χ4n) is 2.27. The number of rotatable bonds is 3. The Labute approximate surface area is 97.6 Å². The molecular weight excluding hydrogens is 200 g/mol. The lowest BCUT2D eigenvalue weighted by atomic mass is 10.2. The lowest BCUT2D eigenvalue weighted by molar-refractivity contribution is 0.315. The average molecular weight is 220 g/mol. The van der Waals surface area contributed by atoms with Crippen LogP contribution in [0.2, 0.25) is 0 Å². The zero-order chi connectivity index (χ0) is 11.5. The number of hydrogen-bond donors (Lipinski definition) is 0. The van der Waals surface area contributed by atoms with E-state index in [0.29, 0.717) is 6.04 Å². The largest absolute Gasteiger partial charge is 0.495 e. The molecule has 0 N–H and O–H groups in total. The van der Waals surface area contributed by atoms with Crippen LogP contribution in [0.1, 0.15) is 6.42 Å². The molecule has 3 nitrogen and oxygen atoms in total. The summed E-state index contributed by atoms with van der Waals surface area (Å²) >= 11 is 0. The van der Waals surface area contributed by atoms with Gasteiger partial charge in [0.2, 0.25) is 0 Å². The van der Waals surface area contributed by atoms with Crippen LogP contribution in [-0.4, -0.2) is 45.2 Å². The lowest BCUT2D eigenvalue weighted by Gasteiger charge is -2.23. The number of anilines is 1. The zero-order valence-electron chi connectivity index (χ0n) is 10.3. The first-order valence-corrected chi connectivity index (χ1v) is 5.76. The third kappa shape index (κ3) is 2.14.